The number of hydrogen-bond acceptors (Lipinski definition) is 6. The summed E-state index contributed by atoms with van der Waals surface area (Å²) < 4.78 is 16.9. The largest absolute Gasteiger partial charge is 0.462 e. The SMILES string of the molecule is CC/C=C\C/C=C\C/C=C\C/C=C\C/C=C\C/C=C\C/C=C\C/C=C\C/C=C\CCCCCC(=O)OCC(COC(=O)CCCCCCCCCCCC)OC(=O)CCCCCCCCC/C=C\C/C=C\C/C=C\C/C=C\C/C=C\CC. The summed E-state index contributed by atoms with van der Waals surface area (Å²) in [6.07, 6.45) is 101. The molecule has 0 aromatic heterocycles. The summed E-state index contributed by atoms with van der Waals surface area (Å²) in [7, 11) is 0. The lowest BCUT2D eigenvalue weighted by Gasteiger charge is -2.18. The monoisotopic (exact) mass is 1130 g/mol. The lowest BCUT2D eigenvalue weighted by atomic mass is 10.1. The van der Waals surface area contributed by atoms with Crippen molar-refractivity contribution in [2.75, 3.05) is 13.2 Å². The zero-order valence-electron chi connectivity index (χ0n) is 52.7. The molecule has 0 radical (unpaired) electrons. The molecule has 0 amide bonds. The average Bonchev–Trinajstić information content (AvgIpc) is 3.47. The van der Waals surface area contributed by atoms with Gasteiger partial charge in [-0.2, -0.15) is 0 Å². The zero-order valence-corrected chi connectivity index (χ0v) is 52.7. The van der Waals surface area contributed by atoms with Crippen LogP contribution in [0.1, 0.15) is 271 Å². The van der Waals surface area contributed by atoms with Crippen molar-refractivity contribution in [2.24, 2.45) is 0 Å². The van der Waals surface area contributed by atoms with Crippen LogP contribution < -0.4 is 0 Å². The van der Waals surface area contributed by atoms with Gasteiger partial charge in [0.15, 0.2) is 6.10 Å². The van der Waals surface area contributed by atoms with Gasteiger partial charge in [0.2, 0.25) is 0 Å². The van der Waals surface area contributed by atoms with E-state index in [1.807, 2.05) is 0 Å². The highest BCUT2D eigenvalue weighted by atomic mass is 16.6. The second-order valence-electron chi connectivity index (χ2n) is 21.3. The fraction of sp³-hybridized carbons (Fsp3) is 0.592. The van der Waals surface area contributed by atoms with E-state index in [1.165, 1.54) is 64.2 Å². The fourth-order valence-electron chi connectivity index (χ4n) is 8.58. The summed E-state index contributed by atoms with van der Waals surface area (Å²) in [4.78, 5) is 38.3. The van der Waals surface area contributed by atoms with Gasteiger partial charge in [-0.15, -0.1) is 0 Å². The Morgan fingerprint density at radius 2 is 0.476 bits per heavy atom. The van der Waals surface area contributed by atoms with Crippen LogP contribution in [-0.4, -0.2) is 37.2 Å². The Bertz CT molecular complexity index is 1870. The molecule has 0 aliphatic carbocycles. The standard InChI is InChI=1S/C76H120O6/c1-4-7-10-13-16-19-22-24-26-28-30-32-34-35-36-37-38-39-40-41-43-44-46-48-50-52-54-57-60-63-66-69-75(78)81-72-73(71-80-74(77)68-65-62-59-56-21-18-15-12-9-6-3)82-76(79)70-67-64-61-58-55-53-51-49-47-45-42-33-31-29-27-25-23-20-17-14-11-8-5-2/h7-8,10-11,16-17,19-20,24-27,30-33,35-36,38-39,41,43,45-48,52,54,73H,4-6,9,12-15,18,21-23,28-29,34,37,40,42,44,49-51,53,55-72H2,1-3H3/b10-7-,11-8-,19-16-,20-17-,26-24-,27-25-,32-30-,33-31-,36-35-,39-38-,43-41-,47-45-,48-46-,54-52-. The number of hydrogen-bond donors (Lipinski definition) is 0. The van der Waals surface area contributed by atoms with Crippen molar-refractivity contribution in [1.29, 1.82) is 0 Å². The maximum atomic E-state index is 12.9. The minimum atomic E-state index is -0.806. The molecule has 82 heavy (non-hydrogen) atoms. The average molecular weight is 1130 g/mol. The van der Waals surface area contributed by atoms with Gasteiger partial charge in [0.05, 0.1) is 0 Å². The minimum Gasteiger partial charge on any atom is -0.462 e. The molecule has 6 nitrogen and oxygen atoms in total. The van der Waals surface area contributed by atoms with E-state index in [1.54, 1.807) is 0 Å². The first kappa shape index (κ1) is 76.8. The summed E-state index contributed by atoms with van der Waals surface area (Å²) in [5, 5.41) is 0. The van der Waals surface area contributed by atoms with Crippen molar-refractivity contribution < 1.29 is 28.6 Å². The third-order valence-corrected chi connectivity index (χ3v) is 13.5. The van der Waals surface area contributed by atoms with Gasteiger partial charge in [0, 0.05) is 19.3 Å². The Balaban J connectivity index is 4.37. The van der Waals surface area contributed by atoms with Crippen LogP contribution in [0.4, 0.5) is 0 Å². The van der Waals surface area contributed by atoms with Crippen LogP contribution >= 0.6 is 0 Å². The second kappa shape index (κ2) is 68.3. The summed E-state index contributed by atoms with van der Waals surface area (Å²) in [6, 6.07) is 0. The Hall–Kier alpha value is -5.23. The lowest BCUT2D eigenvalue weighted by molar-refractivity contribution is -0.167. The van der Waals surface area contributed by atoms with Gasteiger partial charge in [-0.25, -0.2) is 0 Å². The van der Waals surface area contributed by atoms with Crippen molar-refractivity contribution in [1.82, 2.24) is 0 Å². The predicted molar refractivity (Wildman–Crippen MR) is 357 cm³/mol. The number of unbranched alkanes of at least 4 members (excludes halogenated alkanes) is 19. The molecule has 0 heterocycles. The molecule has 0 saturated carbocycles. The Labute approximate surface area is 504 Å². The van der Waals surface area contributed by atoms with E-state index < -0.39 is 6.10 Å². The summed E-state index contributed by atoms with van der Waals surface area (Å²) in [5.74, 6) is -0.949. The molecule has 0 aliphatic rings. The number of esters is 3. The highest BCUT2D eigenvalue weighted by Crippen LogP contribution is 2.14. The summed E-state index contributed by atoms with van der Waals surface area (Å²) in [6.45, 7) is 6.36. The van der Waals surface area contributed by atoms with Gasteiger partial charge in [-0.1, -0.05) is 287 Å². The van der Waals surface area contributed by atoms with E-state index in [9.17, 15) is 14.4 Å². The Morgan fingerprint density at radius 3 is 0.756 bits per heavy atom. The molecular formula is C76H120O6. The van der Waals surface area contributed by atoms with Crippen LogP contribution in [-0.2, 0) is 28.6 Å². The highest BCUT2D eigenvalue weighted by Gasteiger charge is 2.19. The molecule has 0 saturated heterocycles. The van der Waals surface area contributed by atoms with Gasteiger partial charge >= 0.3 is 17.9 Å². The molecule has 0 aromatic rings. The molecule has 1 atom stereocenters. The van der Waals surface area contributed by atoms with Gasteiger partial charge in [0.1, 0.15) is 13.2 Å². The van der Waals surface area contributed by atoms with Crippen LogP contribution in [0.5, 0.6) is 0 Å². The van der Waals surface area contributed by atoms with Crippen molar-refractivity contribution in [3.05, 3.63) is 170 Å². The van der Waals surface area contributed by atoms with E-state index in [2.05, 4.69) is 191 Å². The first-order valence-electron chi connectivity index (χ1n) is 33.1. The van der Waals surface area contributed by atoms with Crippen LogP contribution in [0.2, 0.25) is 0 Å². The lowest BCUT2D eigenvalue weighted by Crippen LogP contribution is -2.30. The third kappa shape index (κ3) is 65.6. The molecule has 0 fully saturated rings. The summed E-state index contributed by atoms with van der Waals surface area (Å²) in [5.41, 5.74) is 0. The van der Waals surface area contributed by atoms with E-state index >= 15 is 0 Å². The Morgan fingerprint density at radius 1 is 0.256 bits per heavy atom. The molecule has 0 N–H and O–H groups in total. The molecule has 0 bridgehead atoms. The molecular weight excluding hydrogens is 1010 g/mol. The first-order chi connectivity index (χ1) is 40.5. The minimum absolute atomic E-state index is 0.0987. The van der Waals surface area contributed by atoms with E-state index in [4.69, 9.17) is 14.2 Å². The molecule has 0 aromatic carbocycles. The van der Waals surface area contributed by atoms with Crippen LogP contribution in [0.25, 0.3) is 0 Å². The number of ether oxygens (including phenoxy) is 3. The van der Waals surface area contributed by atoms with Gasteiger partial charge in [-0.3, -0.25) is 14.4 Å². The second-order valence-corrected chi connectivity index (χ2v) is 21.3. The van der Waals surface area contributed by atoms with Gasteiger partial charge in [-0.05, 0) is 135 Å². The zero-order chi connectivity index (χ0) is 59.2. The molecule has 460 valence electrons. The highest BCUT2D eigenvalue weighted by molar-refractivity contribution is 5.71. The van der Waals surface area contributed by atoms with E-state index in [0.29, 0.717) is 19.3 Å². The molecule has 0 aliphatic heterocycles. The van der Waals surface area contributed by atoms with Crippen molar-refractivity contribution >= 4 is 17.9 Å². The smallest absolute Gasteiger partial charge is 0.306 e. The maximum Gasteiger partial charge on any atom is 0.306 e. The molecule has 1 unspecified atom stereocenters. The first-order valence-corrected chi connectivity index (χ1v) is 33.1. The quantitative estimate of drug-likeness (QED) is 0.0261. The van der Waals surface area contributed by atoms with Crippen molar-refractivity contribution in [3.63, 3.8) is 0 Å². The van der Waals surface area contributed by atoms with Crippen LogP contribution in [0, 0.1) is 0 Å². The van der Waals surface area contributed by atoms with Crippen LogP contribution in [0.3, 0.4) is 0 Å². The maximum absolute atomic E-state index is 12.9. The van der Waals surface area contributed by atoms with Gasteiger partial charge in [0.25, 0.3) is 0 Å². The van der Waals surface area contributed by atoms with Crippen molar-refractivity contribution in [3.8, 4) is 0 Å². The van der Waals surface area contributed by atoms with Crippen LogP contribution in [0.15, 0.2) is 170 Å². The number of rotatable bonds is 58. The molecule has 6 heteroatoms. The predicted octanol–water partition coefficient (Wildman–Crippen LogP) is 23.0. The topological polar surface area (TPSA) is 78.9 Å². The normalized spacial score (nSPS) is 13.3. The van der Waals surface area contributed by atoms with Crippen molar-refractivity contribution in [2.45, 2.75) is 277 Å². The number of allylic oxidation sites excluding steroid dienone is 28. The van der Waals surface area contributed by atoms with E-state index in [0.717, 1.165) is 167 Å². The molecule has 0 rings (SSSR count). The number of carbonyl (C=O) groups excluding carboxylic acids is 3. The van der Waals surface area contributed by atoms with Gasteiger partial charge < -0.3 is 14.2 Å². The summed E-state index contributed by atoms with van der Waals surface area (Å²) >= 11 is 0. The number of carbonyl (C=O) groups is 3. The third-order valence-electron chi connectivity index (χ3n) is 13.5. The molecule has 0 spiro atoms. The van der Waals surface area contributed by atoms with E-state index in [-0.39, 0.29) is 31.1 Å². The Kier molecular flexibility index (Phi) is 63.9. The fourth-order valence-corrected chi connectivity index (χ4v) is 8.58.